The fraction of sp³-hybridized carbons (Fsp3) is 0.206. The number of nitrogens with zero attached hydrogens (tertiary/aromatic N) is 2. The number of aliphatic hydroxyl groups is 1. The Morgan fingerprint density at radius 1 is 0.974 bits per heavy atom. The second-order valence-electron chi connectivity index (χ2n) is 9.87. The van der Waals surface area contributed by atoms with Crippen molar-refractivity contribution >= 4 is 34.0 Å². The zero-order chi connectivity index (χ0) is 27.0. The van der Waals surface area contributed by atoms with Gasteiger partial charge in [0.25, 0.3) is 5.91 Å². The molecule has 0 radical (unpaired) electrons. The molecule has 198 valence electrons. The van der Waals surface area contributed by atoms with E-state index in [2.05, 4.69) is 53.4 Å². The Morgan fingerprint density at radius 3 is 2.51 bits per heavy atom. The van der Waals surface area contributed by atoms with Crippen molar-refractivity contribution in [2.75, 3.05) is 38.2 Å². The lowest BCUT2D eigenvalue weighted by atomic mass is 9.97. The van der Waals surface area contributed by atoms with Gasteiger partial charge in [0.2, 0.25) is 0 Å². The number of para-hydroxylation sites is 2. The van der Waals surface area contributed by atoms with Crippen LogP contribution in [0.4, 0.5) is 5.69 Å². The van der Waals surface area contributed by atoms with Crippen LogP contribution in [0.2, 0.25) is 0 Å². The number of carbonyl (C=O) groups excluding carboxylic acids is 1. The molecule has 0 saturated carbocycles. The Balaban J connectivity index is 1.13. The van der Waals surface area contributed by atoms with E-state index in [-0.39, 0.29) is 12.5 Å². The van der Waals surface area contributed by atoms with Crippen molar-refractivity contribution < 1.29 is 14.6 Å². The second-order valence-corrected chi connectivity index (χ2v) is 9.87. The fourth-order valence-electron chi connectivity index (χ4n) is 4.87. The number of benzene rings is 4. The van der Waals surface area contributed by atoms with E-state index >= 15 is 0 Å². The van der Waals surface area contributed by atoms with E-state index in [1.165, 1.54) is 21.9 Å². The average molecular weight is 519 g/mol. The molecule has 1 N–H and O–H groups in total. The Labute approximate surface area is 230 Å². The number of hydrogen-bond acceptors (Lipinski definition) is 4. The number of rotatable bonds is 9. The van der Waals surface area contributed by atoms with Crippen molar-refractivity contribution in [1.82, 2.24) is 4.90 Å². The molecule has 1 aliphatic rings. The van der Waals surface area contributed by atoms with Crippen molar-refractivity contribution in [3.05, 3.63) is 120 Å². The summed E-state index contributed by atoms with van der Waals surface area (Å²) in [5.41, 5.74) is 4.25. The summed E-state index contributed by atoms with van der Waals surface area (Å²) in [5, 5.41) is 13.2. The summed E-state index contributed by atoms with van der Waals surface area (Å²) in [6.45, 7) is 2.42. The molecule has 0 aliphatic carbocycles. The highest BCUT2D eigenvalue weighted by Crippen LogP contribution is 2.26. The van der Waals surface area contributed by atoms with Gasteiger partial charge in [0.15, 0.2) is 0 Å². The number of aliphatic hydroxyl groups excluding tert-OH is 1. The number of fused-ring (bicyclic) bond motifs is 1. The molecule has 4 aromatic carbocycles. The highest BCUT2D eigenvalue weighted by atomic mass is 16.5. The van der Waals surface area contributed by atoms with Gasteiger partial charge in [-0.3, -0.25) is 9.69 Å². The predicted molar refractivity (Wildman–Crippen MR) is 160 cm³/mol. The van der Waals surface area contributed by atoms with Crippen LogP contribution >= 0.6 is 0 Å². The number of likely N-dealkylation sites (N-methyl/N-ethyl adjacent to an activating group) is 1. The Kier molecular flexibility index (Phi) is 8.51. The molecular formula is C34H34N2O3. The Hall–Kier alpha value is -4.19. The molecule has 1 heterocycles. The normalized spacial score (nSPS) is 14.8. The maximum atomic E-state index is 12.6. The molecule has 39 heavy (non-hydrogen) atoms. The SMILES string of the molecule is CN(C(=O)C=Cc1ccccc1OCC(O)CN1CC=C(c2ccc3ccccc3c2)CC1)c1ccccc1. The lowest BCUT2D eigenvalue weighted by Gasteiger charge is -2.28. The van der Waals surface area contributed by atoms with Crippen molar-refractivity contribution in [3.8, 4) is 5.75 Å². The summed E-state index contributed by atoms with van der Waals surface area (Å²) in [5.74, 6) is 0.511. The van der Waals surface area contributed by atoms with Crippen LogP contribution in [0.1, 0.15) is 17.5 Å². The van der Waals surface area contributed by atoms with Gasteiger partial charge in [-0.25, -0.2) is 0 Å². The average Bonchev–Trinajstić information content (AvgIpc) is 2.99. The van der Waals surface area contributed by atoms with E-state index in [0.717, 1.165) is 30.8 Å². The highest BCUT2D eigenvalue weighted by Gasteiger charge is 2.17. The van der Waals surface area contributed by atoms with Gasteiger partial charge in [-0.2, -0.15) is 0 Å². The molecule has 1 amide bonds. The summed E-state index contributed by atoms with van der Waals surface area (Å²) < 4.78 is 5.98. The first-order valence-electron chi connectivity index (χ1n) is 13.4. The lowest BCUT2D eigenvalue weighted by molar-refractivity contribution is -0.113. The first-order valence-corrected chi connectivity index (χ1v) is 13.4. The number of amides is 1. The molecule has 1 aliphatic heterocycles. The topological polar surface area (TPSA) is 53.0 Å². The van der Waals surface area contributed by atoms with Gasteiger partial charge in [-0.1, -0.05) is 78.9 Å². The number of ether oxygens (including phenoxy) is 1. The van der Waals surface area contributed by atoms with Crippen LogP contribution in [0, 0.1) is 0 Å². The Morgan fingerprint density at radius 2 is 1.72 bits per heavy atom. The molecule has 1 unspecified atom stereocenters. The molecule has 5 nitrogen and oxygen atoms in total. The van der Waals surface area contributed by atoms with Gasteiger partial charge in [0.05, 0.1) is 0 Å². The van der Waals surface area contributed by atoms with Crippen LogP contribution in [-0.2, 0) is 4.79 Å². The summed E-state index contributed by atoms with van der Waals surface area (Å²) in [7, 11) is 1.75. The van der Waals surface area contributed by atoms with E-state index in [1.807, 2.05) is 54.6 Å². The monoisotopic (exact) mass is 518 g/mol. The summed E-state index contributed by atoms with van der Waals surface area (Å²) in [4.78, 5) is 16.5. The zero-order valence-electron chi connectivity index (χ0n) is 22.2. The Bertz CT molecular complexity index is 1480. The summed E-state index contributed by atoms with van der Waals surface area (Å²) in [6.07, 6.45) is 5.89. The van der Waals surface area contributed by atoms with E-state index in [9.17, 15) is 9.90 Å². The van der Waals surface area contributed by atoms with Crippen LogP contribution in [-0.4, -0.2) is 55.3 Å². The van der Waals surface area contributed by atoms with Gasteiger partial charge < -0.3 is 14.7 Å². The first-order chi connectivity index (χ1) is 19.1. The van der Waals surface area contributed by atoms with Gasteiger partial charge in [0.1, 0.15) is 18.5 Å². The number of anilines is 1. The van der Waals surface area contributed by atoms with E-state index in [4.69, 9.17) is 4.74 Å². The largest absolute Gasteiger partial charge is 0.490 e. The fourth-order valence-corrected chi connectivity index (χ4v) is 4.87. The van der Waals surface area contributed by atoms with E-state index < -0.39 is 6.10 Å². The van der Waals surface area contributed by atoms with Crippen LogP contribution in [0.15, 0.2) is 109 Å². The van der Waals surface area contributed by atoms with Crippen LogP contribution in [0.25, 0.3) is 22.4 Å². The molecule has 5 heteroatoms. The third-order valence-corrected chi connectivity index (χ3v) is 7.11. The smallest absolute Gasteiger partial charge is 0.250 e. The third-order valence-electron chi connectivity index (χ3n) is 7.11. The molecule has 4 aromatic rings. The predicted octanol–water partition coefficient (Wildman–Crippen LogP) is 6.05. The van der Waals surface area contributed by atoms with Crippen LogP contribution < -0.4 is 9.64 Å². The molecule has 0 saturated heterocycles. The van der Waals surface area contributed by atoms with Crippen molar-refractivity contribution in [2.24, 2.45) is 0 Å². The highest BCUT2D eigenvalue weighted by molar-refractivity contribution is 6.03. The third kappa shape index (κ3) is 6.82. The van der Waals surface area contributed by atoms with E-state index in [0.29, 0.717) is 12.3 Å². The molecular weight excluding hydrogens is 484 g/mol. The van der Waals surface area contributed by atoms with E-state index in [1.54, 1.807) is 24.1 Å². The van der Waals surface area contributed by atoms with Gasteiger partial charge in [-0.15, -0.1) is 0 Å². The van der Waals surface area contributed by atoms with Crippen molar-refractivity contribution in [3.63, 3.8) is 0 Å². The molecule has 5 rings (SSSR count). The van der Waals surface area contributed by atoms with Crippen LogP contribution in [0.3, 0.4) is 0 Å². The first kappa shape index (κ1) is 26.4. The number of β-amino-alcohol motifs (C(OH)–C–C–N with tert-alkyl or cyclic N) is 1. The van der Waals surface area contributed by atoms with Crippen LogP contribution in [0.5, 0.6) is 5.75 Å². The summed E-state index contributed by atoms with van der Waals surface area (Å²) >= 11 is 0. The zero-order valence-corrected chi connectivity index (χ0v) is 22.2. The quantitative estimate of drug-likeness (QED) is 0.274. The standard InChI is InChI=1S/C34H34N2O3/c1-35(31-12-3-2-4-13-31)34(38)18-17-28-10-7-8-14-33(28)39-25-32(37)24-36-21-19-27(20-22-36)30-16-15-26-9-5-6-11-29(26)23-30/h2-19,23,32,37H,20-22,24-25H2,1H3. The molecule has 0 bridgehead atoms. The lowest BCUT2D eigenvalue weighted by Crippen LogP contribution is -2.38. The maximum Gasteiger partial charge on any atom is 0.250 e. The van der Waals surface area contributed by atoms with Gasteiger partial charge in [-0.05, 0) is 58.7 Å². The summed E-state index contributed by atoms with van der Waals surface area (Å²) in [6, 6.07) is 32.2. The molecule has 0 aromatic heterocycles. The number of carbonyl (C=O) groups is 1. The van der Waals surface area contributed by atoms with Crippen molar-refractivity contribution in [2.45, 2.75) is 12.5 Å². The molecule has 1 atom stereocenters. The minimum Gasteiger partial charge on any atom is -0.490 e. The van der Waals surface area contributed by atoms with Crippen molar-refractivity contribution in [1.29, 1.82) is 0 Å². The molecule has 0 spiro atoms. The minimum atomic E-state index is -0.622. The van der Waals surface area contributed by atoms with Gasteiger partial charge in [0, 0.05) is 44.0 Å². The number of hydrogen-bond donors (Lipinski definition) is 1. The molecule has 0 fully saturated rings. The maximum absolute atomic E-state index is 12.6. The minimum absolute atomic E-state index is 0.128. The van der Waals surface area contributed by atoms with Gasteiger partial charge >= 0.3 is 0 Å². The second kappa shape index (κ2) is 12.6.